The van der Waals surface area contributed by atoms with Crippen LogP contribution in [0.4, 0.5) is 20.2 Å². The van der Waals surface area contributed by atoms with Crippen molar-refractivity contribution in [2.45, 2.75) is 6.42 Å². The van der Waals surface area contributed by atoms with Crippen LogP contribution in [0.3, 0.4) is 0 Å². The number of rotatable bonds is 6. The first kappa shape index (κ1) is 41.0. The Morgan fingerprint density at radius 2 is 1.15 bits per heavy atom. The van der Waals surface area contributed by atoms with Gasteiger partial charge in [0.15, 0.2) is 0 Å². The Bertz CT molecular complexity index is 2830. The average molecular weight is 864 g/mol. The number of carboxylic acid groups (broad SMARTS) is 1. The summed E-state index contributed by atoms with van der Waals surface area (Å²) in [6.45, 7) is 3.02. The van der Waals surface area contributed by atoms with Gasteiger partial charge in [-0.2, -0.15) is 0 Å². The molecule has 9 rings (SSSR count). The monoisotopic (exact) mass is 862 g/mol. The first-order valence-corrected chi connectivity index (χ1v) is 19.7. The molecule has 3 N–H and O–H groups in total. The lowest BCUT2D eigenvalue weighted by Gasteiger charge is -2.20. The molecule has 308 valence electrons. The molecule has 61 heavy (non-hydrogen) atoms. The summed E-state index contributed by atoms with van der Waals surface area (Å²) >= 11 is 12.1. The molecule has 0 aliphatic carbocycles. The quantitative estimate of drug-likeness (QED) is 0.140. The summed E-state index contributed by atoms with van der Waals surface area (Å²) in [7, 11) is 2.03. The highest BCUT2D eigenvalue weighted by atomic mass is 35.5. The molecule has 0 spiro atoms. The molecule has 1 saturated heterocycles. The smallest absolute Gasteiger partial charge is 0.335 e. The standard InChI is InChI=1S/C26H23ClFN3O3.C20H11ClFNO4/c1-30-9-2-10-31(12-11-30)26(33)16-3-6-19(22(28)13-16)24-8-5-18(34-24)15-21-20-14-17(27)4-7-23(20)29-25(21)32;21-11-2-5-17-14(8-11)15(19(24)23-17)9-12-3-6-18(27-12)13-4-1-10(20(25)26)7-16(13)22/h3-8,13-15H,2,9-12H2,1H3,(H,29,32);1-9H,(H,23,24)(H,25,26)/b21-15-;15-9-. The van der Waals surface area contributed by atoms with Gasteiger partial charge in [0, 0.05) is 57.7 Å². The van der Waals surface area contributed by atoms with Gasteiger partial charge in [0.2, 0.25) is 0 Å². The van der Waals surface area contributed by atoms with Crippen molar-refractivity contribution in [3.8, 4) is 22.6 Å². The largest absolute Gasteiger partial charge is 0.478 e. The van der Waals surface area contributed by atoms with Gasteiger partial charge in [-0.1, -0.05) is 23.2 Å². The van der Waals surface area contributed by atoms with Gasteiger partial charge in [-0.3, -0.25) is 14.4 Å². The van der Waals surface area contributed by atoms with Gasteiger partial charge < -0.3 is 34.4 Å². The van der Waals surface area contributed by atoms with Gasteiger partial charge >= 0.3 is 5.97 Å². The Morgan fingerprint density at radius 3 is 1.66 bits per heavy atom. The lowest BCUT2D eigenvalue weighted by molar-refractivity contribution is -0.111. The van der Waals surface area contributed by atoms with Crippen molar-refractivity contribution < 1.29 is 41.9 Å². The second kappa shape index (κ2) is 17.1. The highest BCUT2D eigenvalue weighted by Gasteiger charge is 2.27. The summed E-state index contributed by atoms with van der Waals surface area (Å²) in [6, 6.07) is 24.7. The van der Waals surface area contributed by atoms with Gasteiger partial charge in [0.25, 0.3) is 17.7 Å². The molecule has 11 nitrogen and oxygen atoms in total. The lowest BCUT2D eigenvalue weighted by Crippen LogP contribution is -2.34. The number of nitrogens with zero attached hydrogens (tertiary/aromatic N) is 2. The van der Waals surface area contributed by atoms with Crippen LogP contribution >= 0.6 is 23.2 Å². The second-order valence-corrected chi connectivity index (χ2v) is 15.3. The second-order valence-electron chi connectivity index (χ2n) is 14.5. The van der Waals surface area contributed by atoms with E-state index in [0.29, 0.717) is 79.6 Å². The molecule has 3 amide bonds. The van der Waals surface area contributed by atoms with Gasteiger partial charge in [-0.05, 0) is 129 Å². The van der Waals surface area contributed by atoms with Crippen LogP contribution in [0.5, 0.6) is 0 Å². The number of furan rings is 2. The van der Waals surface area contributed by atoms with Gasteiger partial charge in [0.1, 0.15) is 34.7 Å². The van der Waals surface area contributed by atoms with Crippen LogP contribution < -0.4 is 10.6 Å². The summed E-state index contributed by atoms with van der Waals surface area (Å²) in [6.07, 6.45) is 4.04. The van der Waals surface area contributed by atoms with Crippen LogP contribution in [0, 0.1) is 11.6 Å². The van der Waals surface area contributed by atoms with Crippen molar-refractivity contribution in [3.63, 3.8) is 0 Å². The van der Waals surface area contributed by atoms with Crippen molar-refractivity contribution in [1.82, 2.24) is 9.80 Å². The molecule has 6 aromatic rings. The number of aromatic carboxylic acids is 1. The van der Waals surface area contributed by atoms with E-state index in [-0.39, 0.29) is 40.2 Å². The molecular formula is C46H34Cl2F2N4O7. The predicted octanol–water partition coefficient (Wildman–Crippen LogP) is 9.94. The van der Waals surface area contributed by atoms with Gasteiger partial charge in [-0.25, -0.2) is 13.6 Å². The minimum absolute atomic E-state index is 0.129. The number of carbonyl (C=O) groups is 4. The van der Waals surface area contributed by atoms with Crippen LogP contribution in [0.1, 0.15) is 49.8 Å². The van der Waals surface area contributed by atoms with E-state index in [1.54, 1.807) is 89.8 Å². The number of likely N-dealkylation sites (N-methyl/N-ethyl adjacent to an activating group) is 1. The van der Waals surface area contributed by atoms with Crippen LogP contribution in [0.25, 0.3) is 45.9 Å². The van der Waals surface area contributed by atoms with Crippen molar-refractivity contribution >= 4 is 81.6 Å². The summed E-state index contributed by atoms with van der Waals surface area (Å²) in [4.78, 5) is 52.3. The van der Waals surface area contributed by atoms with Gasteiger partial charge in [0.05, 0.1) is 27.8 Å². The van der Waals surface area contributed by atoms with Crippen LogP contribution in [0.2, 0.25) is 10.0 Å². The zero-order valence-corrected chi connectivity index (χ0v) is 33.7. The molecule has 0 unspecified atom stereocenters. The summed E-state index contributed by atoms with van der Waals surface area (Å²) in [5, 5.41) is 15.5. The van der Waals surface area contributed by atoms with E-state index >= 15 is 0 Å². The van der Waals surface area contributed by atoms with E-state index in [0.717, 1.165) is 25.6 Å². The zero-order valence-electron chi connectivity index (χ0n) is 32.2. The maximum Gasteiger partial charge on any atom is 0.335 e. The highest BCUT2D eigenvalue weighted by Crippen LogP contribution is 2.38. The van der Waals surface area contributed by atoms with Crippen molar-refractivity contribution in [2.24, 2.45) is 0 Å². The van der Waals surface area contributed by atoms with E-state index in [1.807, 2.05) is 7.05 Å². The van der Waals surface area contributed by atoms with Crippen molar-refractivity contribution in [1.29, 1.82) is 0 Å². The van der Waals surface area contributed by atoms with Crippen molar-refractivity contribution in [3.05, 3.63) is 153 Å². The molecule has 4 aromatic carbocycles. The summed E-state index contributed by atoms with van der Waals surface area (Å²) < 4.78 is 40.6. The number of benzene rings is 4. The molecule has 3 aliphatic heterocycles. The number of halogens is 4. The maximum atomic E-state index is 15.0. The molecule has 2 aromatic heterocycles. The fourth-order valence-electron chi connectivity index (χ4n) is 7.17. The highest BCUT2D eigenvalue weighted by molar-refractivity contribution is 6.37. The van der Waals surface area contributed by atoms with Crippen molar-refractivity contribution in [2.75, 3.05) is 43.9 Å². The predicted molar refractivity (Wildman–Crippen MR) is 229 cm³/mol. The van der Waals surface area contributed by atoms with Crippen LogP contribution in [-0.2, 0) is 9.59 Å². The summed E-state index contributed by atoms with van der Waals surface area (Å²) in [5.74, 6) is -1.89. The third kappa shape index (κ3) is 8.76. The number of nitrogens with one attached hydrogen (secondary N) is 2. The Balaban J connectivity index is 0.000000173. The number of hydrogen-bond acceptors (Lipinski definition) is 7. The fraction of sp³-hybridized carbons (Fsp3) is 0.130. The molecule has 0 bridgehead atoms. The third-order valence-electron chi connectivity index (χ3n) is 10.3. The molecular weight excluding hydrogens is 829 g/mol. The van der Waals surface area contributed by atoms with Crippen LogP contribution in [0.15, 0.2) is 106 Å². The number of anilines is 2. The molecule has 3 aliphatic rings. The molecule has 0 saturated carbocycles. The first-order valence-electron chi connectivity index (χ1n) is 19.0. The molecule has 0 radical (unpaired) electrons. The minimum atomic E-state index is -1.21. The third-order valence-corrected chi connectivity index (χ3v) is 10.8. The SMILES string of the molecule is CN1CCCN(C(=O)c2ccc(-c3ccc(/C=C4\C(=O)Nc5ccc(Cl)cc54)o3)c(F)c2)CC1.O=C1Nc2ccc(Cl)cc2/C1=C/c1ccc(-c2ccc(C(=O)O)cc2F)o1. The Kier molecular flexibility index (Phi) is 11.4. The average Bonchev–Trinajstić information content (AvgIpc) is 4.00. The summed E-state index contributed by atoms with van der Waals surface area (Å²) in [5.41, 5.74) is 4.01. The number of fused-ring (bicyclic) bond motifs is 2. The van der Waals surface area contributed by atoms with E-state index < -0.39 is 17.6 Å². The molecule has 15 heteroatoms. The number of carbonyl (C=O) groups excluding carboxylic acids is 3. The Labute approximate surface area is 357 Å². The Morgan fingerprint density at radius 1 is 0.639 bits per heavy atom. The van der Waals surface area contributed by atoms with E-state index in [9.17, 15) is 28.0 Å². The maximum absolute atomic E-state index is 15.0. The van der Waals surface area contributed by atoms with E-state index in [2.05, 4.69) is 15.5 Å². The van der Waals surface area contributed by atoms with Crippen LogP contribution in [-0.4, -0.2) is 71.8 Å². The number of hydrogen-bond donors (Lipinski definition) is 3. The minimum Gasteiger partial charge on any atom is -0.478 e. The van der Waals surface area contributed by atoms with E-state index in [4.69, 9.17) is 37.1 Å². The first-order chi connectivity index (χ1) is 29.3. The topological polar surface area (TPSA) is 145 Å². The van der Waals surface area contributed by atoms with E-state index in [1.165, 1.54) is 18.2 Å². The number of amides is 3. The zero-order chi connectivity index (χ0) is 42.9. The normalized spacial score (nSPS) is 16.1. The molecule has 1 fully saturated rings. The lowest BCUT2D eigenvalue weighted by atomic mass is 10.1. The number of carboxylic acids is 1. The molecule has 0 atom stereocenters. The van der Waals surface area contributed by atoms with Gasteiger partial charge in [-0.15, -0.1) is 0 Å². The Hall–Kier alpha value is -6.80. The fourth-order valence-corrected chi connectivity index (χ4v) is 7.51. The molecule has 5 heterocycles.